The number of H-pyrrole nitrogens is 1. The van der Waals surface area contributed by atoms with Gasteiger partial charge in [0.05, 0.1) is 0 Å². The van der Waals surface area contributed by atoms with Crippen molar-refractivity contribution in [2.75, 3.05) is 5.32 Å². The number of anilines is 1. The van der Waals surface area contributed by atoms with Gasteiger partial charge in [-0.1, -0.05) is 29.8 Å². The molecule has 0 fully saturated rings. The third-order valence-electron chi connectivity index (χ3n) is 4.98. The molecule has 0 unspecified atom stereocenters. The summed E-state index contributed by atoms with van der Waals surface area (Å²) in [6, 6.07) is 26.3. The summed E-state index contributed by atoms with van der Waals surface area (Å²) >= 11 is 5.92. The molecule has 30 heavy (non-hydrogen) atoms. The maximum absolute atomic E-state index is 12.8. The van der Waals surface area contributed by atoms with Crippen molar-refractivity contribution in [1.29, 1.82) is 0 Å². The Kier molecular flexibility index (Phi) is 4.62. The molecule has 4 nitrogen and oxygen atoms in total. The predicted molar refractivity (Wildman–Crippen MR) is 122 cm³/mol. The number of ether oxygens (including phenoxy) is 1. The number of benzene rings is 4. The Morgan fingerprint density at radius 2 is 1.70 bits per heavy atom. The van der Waals surface area contributed by atoms with E-state index < -0.39 is 0 Å². The van der Waals surface area contributed by atoms with Gasteiger partial charge in [0.2, 0.25) is 0 Å². The van der Waals surface area contributed by atoms with E-state index in [1.165, 1.54) is 0 Å². The fourth-order valence-corrected chi connectivity index (χ4v) is 3.65. The van der Waals surface area contributed by atoms with Crippen LogP contribution in [0.2, 0.25) is 5.02 Å². The molecule has 0 saturated carbocycles. The van der Waals surface area contributed by atoms with Crippen LogP contribution in [0.25, 0.3) is 21.7 Å². The van der Waals surface area contributed by atoms with E-state index in [1.54, 1.807) is 24.3 Å². The fraction of sp³-hybridized carbons (Fsp3) is 0. The lowest BCUT2D eigenvalue weighted by Gasteiger charge is -2.11. The Morgan fingerprint density at radius 3 is 2.57 bits per heavy atom. The highest BCUT2D eigenvalue weighted by molar-refractivity contribution is 6.30. The topological polar surface area (TPSA) is 54.1 Å². The van der Waals surface area contributed by atoms with Crippen LogP contribution in [0.15, 0.2) is 91.1 Å². The van der Waals surface area contributed by atoms with E-state index in [0.29, 0.717) is 22.0 Å². The third-order valence-corrected chi connectivity index (χ3v) is 5.23. The zero-order valence-electron chi connectivity index (χ0n) is 15.9. The van der Waals surface area contributed by atoms with Crippen molar-refractivity contribution in [3.8, 4) is 11.5 Å². The molecule has 4 aromatic carbocycles. The van der Waals surface area contributed by atoms with Crippen molar-refractivity contribution in [3.63, 3.8) is 0 Å². The first-order chi connectivity index (χ1) is 14.7. The second kappa shape index (κ2) is 7.58. The van der Waals surface area contributed by atoms with E-state index in [9.17, 15) is 4.79 Å². The fourth-order valence-electron chi connectivity index (χ4n) is 3.53. The van der Waals surface area contributed by atoms with Crippen LogP contribution in [0.1, 0.15) is 10.4 Å². The van der Waals surface area contributed by atoms with Gasteiger partial charge in [-0.25, -0.2) is 0 Å². The molecule has 0 saturated heterocycles. The Balaban J connectivity index is 1.45. The number of aromatic amines is 1. The molecule has 1 amide bonds. The average molecular weight is 413 g/mol. The minimum absolute atomic E-state index is 0.173. The number of halogens is 1. The Bertz CT molecular complexity index is 1370. The second-order valence-electron chi connectivity index (χ2n) is 6.95. The van der Waals surface area contributed by atoms with E-state index in [1.807, 2.05) is 66.9 Å². The standard InChI is InChI=1S/C25H17ClN2O2/c26-17-7-9-18(10-8-17)28-25(29)21-4-1-3-16-15-19(11-12-20(16)21)30-24-6-2-5-23-22(24)13-14-27-23/h1-15,27H,(H,28,29). The van der Waals surface area contributed by atoms with Gasteiger partial charge in [-0.2, -0.15) is 0 Å². The van der Waals surface area contributed by atoms with Crippen molar-refractivity contribution in [2.45, 2.75) is 0 Å². The zero-order valence-corrected chi connectivity index (χ0v) is 16.6. The third kappa shape index (κ3) is 3.49. The SMILES string of the molecule is O=C(Nc1ccc(Cl)cc1)c1cccc2cc(Oc3cccc4[nH]ccc34)ccc12. The molecule has 5 heteroatoms. The van der Waals surface area contributed by atoms with Crippen LogP contribution in [-0.4, -0.2) is 10.9 Å². The summed E-state index contributed by atoms with van der Waals surface area (Å²) in [6.07, 6.45) is 1.89. The summed E-state index contributed by atoms with van der Waals surface area (Å²) in [7, 11) is 0. The number of hydrogen-bond acceptors (Lipinski definition) is 2. The number of nitrogens with one attached hydrogen (secondary N) is 2. The van der Waals surface area contributed by atoms with E-state index in [2.05, 4.69) is 10.3 Å². The van der Waals surface area contributed by atoms with Gasteiger partial charge in [0, 0.05) is 33.4 Å². The molecule has 0 aliphatic rings. The summed E-state index contributed by atoms with van der Waals surface area (Å²) in [5, 5.41) is 6.35. The van der Waals surface area contributed by atoms with E-state index in [-0.39, 0.29) is 5.91 Å². The molecule has 1 aromatic heterocycles. The monoisotopic (exact) mass is 412 g/mol. The smallest absolute Gasteiger partial charge is 0.256 e. The average Bonchev–Trinajstić information content (AvgIpc) is 3.25. The van der Waals surface area contributed by atoms with Gasteiger partial charge >= 0.3 is 0 Å². The maximum Gasteiger partial charge on any atom is 0.256 e. The number of carbonyl (C=O) groups excluding carboxylic acids is 1. The molecule has 0 radical (unpaired) electrons. The van der Waals surface area contributed by atoms with Crippen molar-refractivity contribution in [3.05, 3.63) is 102 Å². The highest BCUT2D eigenvalue weighted by Gasteiger charge is 2.12. The first kappa shape index (κ1) is 18.3. The summed E-state index contributed by atoms with van der Waals surface area (Å²) in [4.78, 5) is 16.0. The second-order valence-corrected chi connectivity index (χ2v) is 7.38. The van der Waals surface area contributed by atoms with E-state index in [4.69, 9.17) is 16.3 Å². The largest absolute Gasteiger partial charge is 0.457 e. The summed E-state index contributed by atoms with van der Waals surface area (Å²) < 4.78 is 6.13. The molecule has 0 spiro atoms. The summed E-state index contributed by atoms with van der Waals surface area (Å²) in [5.74, 6) is 1.32. The Hall–Kier alpha value is -3.76. The van der Waals surface area contributed by atoms with Gasteiger partial charge in [0.25, 0.3) is 5.91 Å². The number of carbonyl (C=O) groups is 1. The highest BCUT2D eigenvalue weighted by Crippen LogP contribution is 2.32. The van der Waals surface area contributed by atoms with Crippen LogP contribution in [-0.2, 0) is 0 Å². The molecular weight excluding hydrogens is 396 g/mol. The summed E-state index contributed by atoms with van der Waals surface area (Å²) in [6.45, 7) is 0. The molecule has 0 atom stereocenters. The van der Waals surface area contributed by atoms with Crippen molar-refractivity contribution in [1.82, 2.24) is 4.98 Å². The number of aromatic nitrogens is 1. The lowest BCUT2D eigenvalue weighted by atomic mass is 10.0. The van der Waals surface area contributed by atoms with Gasteiger partial charge in [-0.15, -0.1) is 0 Å². The van der Waals surface area contributed by atoms with E-state index >= 15 is 0 Å². The van der Waals surface area contributed by atoms with Crippen molar-refractivity contribution in [2.24, 2.45) is 0 Å². The first-order valence-electron chi connectivity index (χ1n) is 9.51. The quantitative estimate of drug-likeness (QED) is 0.333. The molecule has 0 aliphatic carbocycles. The van der Waals surface area contributed by atoms with Crippen LogP contribution in [0, 0.1) is 0 Å². The number of hydrogen-bond donors (Lipinski definition) is 2. The van der Waals surface area contributed by atoms with Crippen LogP contribution < -0.4 is 10.1 Å². The first-order valence-corrected chi connectivity index (χ1v) is 9.89. The van der Waals surface area contributed by atoms with Gasteiger partial charge in [0.1, 0.15) is 11.5 Å². The zero-order chi connectivity index (χ0) is 20.5. The predicted octanol–water partition coefficient (Wildman–Crippen LogP) is 7.02. The lowest BCUT2D eigenvalue weighted by molar-refractivity contribution is 0.102. The van der Waals surface area contributed by atoms with E-state index in [0.717, 1.165) is 27.4 Å². The Labute approximate surface area is 178 Å². The molecule has 5 rings (SSSR count). The molecule has 0 bridgehead atoms. The molecular formula is C25H17ClN2O2. The number of fused-ring (bicyclic) bond motifs is 2. The minimum atomic E-state index is -0.173. The molecule has 0 aliphatic heterocycles. The van der Waals surface area contributed by atoms with Gasteiger partial charge in [0.15, 0.2) is 0 Å². The van der Waals surface area contributed by atoms with Gasteiger partial charge in [-0.3, -0.25) is 4.79 Å². The van der Waals surface area contributed by atoms with Crippen LogP contribution >= 0.6 is 11.6 Å². The maximum atomic E-state index is 12.8. The van der Waals surface area contributed by atoms with Crippen LogP contribution in [0.5, 0.6) is 11.5 Å². The normalized spacial score (nSPS) is 11.0. The lowest BCUT2D eigenvalue weighted by Crippen LogP contribution is -2.12. The highest BCUT2D eigenvalue weighted by atomic mass is 35.5. The minimum Gasteiger partial charge on any atom is -0.457 e. The summed E-state index contributed by atoms with van der Waals surface area (Å²) in [5.41, 5.74) is 2.32. The van der Waals surface area contributed by atoms with Gasteiger partial charge in [-0.05, 0) is 77.5 Å². The van der Waals surface area contributed by atoms with Gasteiger partial charge < -0.3 is 15.0 Å². The molecule has 146 valence electrons. The molecule has 5 aromatic rings. The molecule has 1 heterocycles. The van der Waals surface area contributed by atoms with Crippen molar-refractivity contribution < 1.29 is 9.53 Å². The van der Waals surface area contributed by atoms with Crippen LogP contribution in [0.4, 0.5) is 5.69 Å². The van der Waals surface area contributed by atoms with Crippen LogP contribution in [0.3, 0.4) is 0 Å². The number of rotatable bonds is 4. The number of amides is 1. The van der Waals surface area contributed by atoms with Crippen molar-refractivity contribution >= 4 is 44.9 Å². The molecule has 2 N–H and O–H groups in total. The Morgan fingerprint density at radius 1 is 0.867 bits per heavy atom.